The predicted octanol–water partition coefficient (Wildman–Crippen LogP) is 2.65. The van der Waals surface area contributed by atoms with Crippen molar-refractivity contribution in [3.63, 3.8) is 0 Å². The molecule has 4 rings (SSSR count). The van der Waals surface area contributed by atoms with E-state index >= 15 is 0 Å². The van der Waals surface area contributed by atoms with E-state index < -0.39 is 5.72 Å². The molecule has 1 amide bonds. The van der Waals surface area contributed by atoms with Crippen LogP contribution in [0.1, 0.15) is 56.7 Å². The van der Waals surface area contributed by atoms with E-state index in [1.807, 2.05) is 4.90 Å². The van der Waals surface area contributed by atoms with Crippen LogP contribution < -0.4 is 10.2 Å². The first-order valence-electron chi connectivity index (χ1n) is 8.31. The van der Waals surface area contributed by atoms with Gasteiger partial charge in [0, 0.05) is 17.6 Å². The van der Waals surface area contributed by atoms with Crippen LogP contribution in [0, 0.1) is 0 Å². The molecule has 0 aliphatic carbocycles. The van der Waals surface area contributed by atoms with Crippen LogP contribution in [0.3, 0.4) is 0 Å². The van der Waals surface area contributed by atoms with Gasteiger partial charge >= 0.3 is 0 Å². The Morgan fingerprint density at radius 3 is 2.82 bits per heavy atom. The fourth-order valence-corrected chi connectivity index (χ4v) is 4.51. The van der Waals surface area contributed by atoms with Crippen molar-refractivity contribution in [1.82, 2.24) is 5.32 Å². The van der Waals surface area contributed by atoms with Gasteiger partial charge in [0.05, 0.1) is 12.3 Å². The van der Waals surface area contributed by atoms with Crippen molar-refractivity contribution < 1.29 is 9.53 Å². The summed E-state index contributed by atoms with van der Waals surface area (Å²) >= 11 is 0. The molecule has 4 heteroatoms. The third kappa shape index (κ3) is 1.57. The number of aryl methyl sites for hydroxylation is 1. The van der Waals surface area contributed by atoms with Crippen LogP contribution in [0.5, 0.6) is 0 Å². The fraction of sp³-hybridized carbons (Fsp3) is 0.611. The number of nitrogens with one attached hydrogen (secondary N) is 1. The molecule has 1 N–H and O–H groups in total. The summed E-state index contributed by atoms with van der Waals surface area (Å²) in [6, 6.07) is 4.45. The Hall–Kier alpha value is -1.39. The first-order valence-corrected chi connectivity index (χ1v) is 8.31. The van der Waals surface area contributed by atoms with E-state index in [2.05, 4.69) is 45.1 Å². The standard InChI is InChI=1S/C18H24N2O2/c1-5-12-8-13-11(2)10-17(3,4)20-15(13)14(9-12)18(16(20)21)19-6-7-22-18/h8-9,11,19H,5-7,10H2,1-4H3/t11-,18+/m1/s1. The molecule has 3 aliphatic rings. The van der Waals surface area contributed by atoms with E-state index in [1.54, 1.807) is 0 Å². The zero-order valence-corrected chi connectivity index (χ0v) is 13.8. The van der Waals surface area contributed by atoms with Crippen LogP contribution in [0.2, 0.25) is 0 Å². The normalized spacial score (nSPS) is 31.9. The molecule has 4 nitrogen and oxygen atoms in total. The third-order valence-electron chi connectivity index (χ3n) is 5.45. The molecule has 1 fully saturated rings. The molecule has 1 aromatic carbocycles. The summed E-state index contributed by atoms with van der Waals surface area (Å²) in [5.41, 5.74) is 3.59. The van der Waals surface area contributed by atoms with Gasteiger partial charge in [0.1, 0.15) is 0 Å². The van der Waals surface area contributed by atoms with Gasteiger partial charge in [-0.1, -0.05) is 19.9 Å². The summed E-state index contributed by atoms with van der Waals surface area (Å²) in [6.45, 7) is 10.1. The average Bonchev–Trinajstić information content (AvgIpc) is 3.04. The molecule has 1 saturated heterocycles. The Morgan fingerprint density at radius 1 is 1.41 bits per heavy atom. The van der Waals surface area contributed by atoms with E-state index in [0.717, 1.165) is 30.6 Å². The number of amides is 1. The number of rotatable bonds is 1. The van der Waals surface area contributed by atoms with Gasteiger partial charge in [0.25, 0.3) is 5.91 Å². The highest BCUT2D eigenvalue weighted by molar-refractivity contribution is 6.09. The van der Waals surface area contributed by atoms with Gasteiger partial charge in [0.15, 0.2) is 0 Å². The number of anilines is 1. The first kappa shape index (κ1) is 14.2. The molecule has 0 saturated carbocycles. The van der Waals surface area contributed by atoms with Crippen molar-refractivity contribution in [2.75, 3.05) is 18.1 Å². The Balaban J connectivity index is 2.03. The second kappa shape index (κ2) is 4.33. The Kier molecular flexibility index (Phi) is 2.80. The maximum absolute atomic E-state index is 13.3. The zero-order valence-electron chi connectivity index (χ0n) is 13.8. The molecule has 0 aromatic heterocycles. The number of carbonyl (C=O) groups is 1. The molecule has 2 atom stereocenters. The van der Waals surface area contributed by atoms with E-state index in [1.165, 1.54) is 11.1 Å². The van der Waals surface area contributed by atoms with E-state index in [0.29, 0.717) is 12.5 Å². The number of fused-ring (bicyclic) bond motifs is 1. The van der Waals surface area contributed by atoms with Crippen molar-refractivity contribution in [3.05, 3.63) is 28.8 Å². The van der Waals surface area contributed by atoms with Crippen LogP contribution in [-0.2, 0) is 21.7 Å². The van der Waals surface area contributed by atoms with Crippen molar-refractivity contribution >= 4 is 11.6 Å². The van der Waals surface area contributed by atoms with Gasteiger partial charge < -0.3 is 9.64 Å². The molecule has 0 unspecified atom stereocenters. The third-order valence-corrected chi connectivity index (χ3v) is 5.45. The number of hydrogen-bond donors (Lipinski definition) is 1. The molecule has 0 bridgehead atoms. The quantitative estimate of drug-likeness (QED) is 0.867. The summed E-state index contributed by atoms with van der Waals surface area (Å²) in [5.74, 6) is 0.516. The number of benzene rings is 1. The highest BCUT2D eigenvalue weighted by Gasteiger charge is 2.59. The van der Waals surface area contributed by atoms with Crippen molar-refractivity contribution in [2.24, 2.45) is 0 Å². The lowest BCUT2D eigenvalue weighted by Crippen LogP contribution is -2.55. The predicted molar refractivity (Wildman–Crippen MR) is 86.0 cm³/mol. The monoisotopic (exact) mass is 300 g/mol. The molecule has 3 heterocycles. The number of nitrogens with zero attached hydrogens (tertiary/aromatic N) is 1. The summed E-state index contributed by atoms with van der Waals surface area (Å²) in [7, 11) is 0. The fourth-order valence-electron chi connectivity index (χ4n) is 4.51. The molecular weight excluding hydrogens is 276 g/mol. The van der Waals surface area contributed by atoms with Gasteiger partial charge in [0.2, 0.25) is 5.72 Å². The molecular formula is C18H24N2O2. The van der Waals surface area contributed by atoms with Gasteiger partial charge in [-0.3, -0.25) is 10.1 Å². The van der Waals surface area contributed by atoms with Gasteiger partial charge in [-0.25, -0.2) is 0 Å². The van der Waals surface area contributed by atoms with Gasteiger partial charge in [-0.15, -0.1) is 0 Å². The summed E-state index contributed by atoms with van der Waals surface area (Å²) in [6.07, 6.45) is 1.95. The van der Waals surface area contributed by atoms with Crippen LogP contribution >= 0.6 is 0 Å². The lowest BCUT2D eigenvalue weighted by Gasteiger charge is -2.44. The smallest absolute Gasteiger partial charge is 0.280 e. The summed E-state index contributed by atoms with van der Waals surface area (Å²) < 4.78 is 5.98. The lowest BCUT2D eigenvalue weighted by molar-refractivity contribution is -0.141. The highest BCUT2D eigenvalue weighted by Crippen LogP contribution is 2.54. The Bertz CT molecular complexity index is 659. The second-order valence-electron chi connectivity index (χ2n) is 7.45. The number of hydrogen-bond acceptors (Lipinski definition) is 3. The lowest BCUT2D eigenvalue weighted by atomic mass is 9.79. The molecule has 22 heavy (non-hydrogen) atoms. The highest BCUT2D eigenvalue weighted by atomic mass is 16.5. The van der Waals surface area contributed by atoms with Crippen molar-refractivity contribution in [3.8, 4) is 0 Å². The van der Waals surface area contributed by atoms with Crippen LogP contribution in [0.15, 0.2) is 12.1 Å². The largest absolute Gasteiger partial charge is 0.346 e. The SMILES string of the molecule is CCc1cc2c3c(c1)[C@@]1(NCCO1)C(=O)N3C(C)(C)C[C@H]2C. The molecule has 118 valence electrons. The zero-order chi connectivity index (χ0) is 15.7. The minimum atomic E-state index is -0.948. The second-order valence-corrected chi connectivity index (χ2v) is 7.45. The minimum Gasteiger partial charge on any atom is -0.346 e. The molecule has 1 spiro atoms. The molecule has 0 radical (unpaired) electrons. The number of ether oxygens (including phenoxy) is 1. The Labute approximate surface area is 131 Å². The van der Waals surface area contributed by atoms with E-state index in [-0.39, 0.29) is 11.4 Å². The topological polar surface area (TPSA) is 41.6 Å². The van der Waals surface area contributed by atoms with Gasteiger partial charge in [-0.2, -0.15) is 0 Å². The first-order chi connectivity index (χ1) is 10.4. The minimum absolute atomic E-state index is 0.0615. The summed E-state index contributed by atoms with van der Waals surface area (Å²) in [4.78, 5) is 15.3. The van der Waals surface area contributed by atoms with E-state index in [9.17, 15) is 4.79 Å². The van der Waals surface area contributed by atoms with Crippen LogP contribution in [0.4, 0.5) is 5.69 Å². The van der Waals surface area contributed by atoms with Crippen LogP contribution in [0.25, 0.3) is 0 Å². The molecule has 3 aliphatic heterocycles. The maximum Gasteiger partial charge on any atom is 0.280 e. The van der Waals surface area contributed by atoms with Crippen molar-refractivity contribution in [2.45, 2.75) is 57.7 Å². The maximum atomic E-state index is 13.3. The number of carbonyl (C=O) groups excluding carboxylic acids is 1. The molecule has 1 aromatic rings. The van der Waals surface area contributed by atoms with Crippen molar-refractivity contribution in [1.29, 1.82) is 0 Å². The average molecular weight is 300 g/mol. The summed E-state index contributed by atoms with van der Waals surface area (Å²) in [5, 5.41) is 3.35. The van der Waals surface area contributed by atoms with E-state index in [4.69, 9.17) is 4.74 Å². The Morgan fingerprint density at radius 2 is 2.18 bits per heavy atom. The van der Waals surface area contributed by atoms with Gasteiger partial charge in [-0.05, 0) is 49.8 Å². The van der Waals surface area contributed by atoms with Crippen LogP contribution in [-0.4, -0.2) is 24.6 Å².